The molecule has 8 heteroatoms. The molecule has 3 heterocycles. The molecule has 7 nitrogen and oxygen atoms in total. The molecule has 1 amide bonds. The molecule has 33 heavy (non-hydrogen) atoms. The number of aromatic amines is 1. The van der Waals surface area contributed by atoms with Crippen molar-refractivity contribution in [3.63, 3.8) is 0 Å². The molecule has 1 aromatic carbocycles. The van der Waals surface area contributed by atoms with Crippen LogP contribution in [0.4, 0.5) is 5.13 Å². The van der Waals surface area contributed by atoms with Crippen LogP contribution in [0.15, 0.2) is 30.5 Å². The van der Waals surface area contributed by atoms with Crippen LogP contribution in [0.25, 0.3) is 10.9 Å². The quantitative estimate of drug-likeness (QED) is 0.515. The Balaban J connectivity index is 1.46. The van der Waals surface area contributed by atoms with E-state index in [1.54, 1.807) is 0 Å². The fourth-order valence-corrected chi connectivity index (χ4v) is 5.18. The Morgan fingerprint density at radius 2 is 2.00 bits per heavy atom. The topological polar surface area (TPSA) is 77.1 Å². The summed E-state index contributed by atoms with van der Waals surface area (Å²) in [6, 6.07) is 8.37. The van der Waals surface area contributed by atoms with Crippen molar-refractivity contribution in [2.45, 2.75) is 58.5 Å². The number of nitrogens with one attached hydrogen (secondary N) is 2. The Kier molecular flexibility index (Phi) is 7.05. The number of para-hydroxylation sites is 1. The average Bonchev–Trinajstić information content (AvgIpc) is 3.42. The van der Waals surface area contributed by atoms with E-state index in [1.165, 1.54) is 22.3 Å². The summed E-state index contributed by atoms with van der Waals surface area (Å²) < 4.78 is 0. The lowest BCUT2D eigenvalue weighted by Gasteiger charge is -2.45. The lowest BCUT2D eigenvalue weighted by atomic mass is 9.97. The monoisotopic (exact) mass is 468 g/mol. The zero-order chi connectivity index (χ0) is 23.6. The fourth-order valence-electron chi connectivity index (χ4n) is 4.41. The third-order valence-electron chi connectivity index (χ3n) is 6.76. The van der Waals surface area contributed by atoms with Gasteiger partial charge in [0, 0.05) is 48.3 Å². The predicted molar refractivity (Wildman–Crippen MR) is 136 cm³/mol. The predicted octanol–water partition coefficient (Wildman–Crippen LogP) is 4.33. The molecule has 178 valence electrons. The molecule has 0 bridgehead atoms. The minimum absolute atomic E-state index is 0.0500. The maximum absolute atomic E-state index is 13.1. The average molecular weight is 469 g/mol. The van der Waals surface area contributed by atoms with Crippen LogP contribution >= 0.6 is 11.3 Å². The highest BCUT2D eigenvalue weighted by molar-refractivity contribution is 7.17. The maximum atomic E-state index is 13.1. The first-order valence-electron chi connectivity index (χ1n) is 11.9. The number of hydrogen-bond donors (Lipinski definition) is 2. The molecule has 1 saturated heterocycles. The second-order valence-corrected chi connectivity index (χ2v) is 11.2. The Morgan fingerprint density at radius 3 is 2.76 bits per heavy atom. The number of hydrogen-bond acceptors (Lipinski definition) is 6. The van der Waals surface area contributed by atoms with Gasteiger partial charge < -0.3 is 15.2 Å². The van der Waals surface area contributed by atoms with Crippen LogP contribution < -0.4 is 10.2 Å². The molecule has 0 aliphatic carbocycles. The van der Waals surface area contributed by atoms with Crippen LogP contribution in [0.3, 0.4) is 0 Å². The van der Waals surface area contributed by atoms with E-state index in [0.29, 0.717) is 10.9 Å². The van der Waals surface area contributed by atoms with Crippen LogP contribution in [0.2, 0.25) is 0 Å². The van der Waals surface area contributed by atoms with E-state index in [0.717, 1.165) is 49.5 Å². The Hall–Kier alpha value is -2.45. The SMILES string of the molecule is CC(C)CCC(Cc1c[nH]c2ccccc12)NC(=O)c1nnc(N2CCN(C)C(C)(C)C2)s1. The summed E-state index contributed by atoms with van der Waals surface area (Å²) in [5.41, 5.74) is 2.43. The summed E-state index contributed by atoms with van der Waals surface area (Å²) in [7, 11) is 2.15. The number of carbonyl (C=O) groups is 1. The number of benzene rings is 1. The third kappa shape index (κ3) is 5.55. The van der Waals surface area contributed by atoms with Crippen LogP contribution in [-0.2, 0) is 6.42 Å². The van der Waals surface area contributed by atoms with E-state index in [2.05, 4.69) is 89.4 Å². The van der Waals surface area contributed by atoms with Gasteiger partial charge >= 0.3 is 0 Å². The van der Waals surface area contributed by atoms with Crippen molar-refractivity contribution in [1.82, 2.24) is 25.4 Å². The standard InChI is InChI=1S/C25H36N6OS/c1-17(2)10-11-19(14-18-15-26-21-9-7-6-8-20(18)21)27-22(32)23-28-29-24(33-23)31-13-12-30(5)25(3,4)16-31/h6-9,15,17,19,26H,10-14,16H2,1-5H3,(H,27,32). The highest BCUT2D eigenvalue weighted by atomic mass is 32.1. The van der Waals surface area contributed by atoms with Gasteiger partial charge in [0.1, 0.15) is 0 Å². The van der Waals surface area contributed by atoms with Gasteiger partial charge in [-0.25, -0.2) is 0 Å². The summed E-state index contributed by atoms with van der Waals surface area (Å²) in [4.78, 5) is 21.1. The molecule has 2 N–H and O–H groups in total. The van der Waals surface area contributed by atoms with E-state index < -0.39 is 0 Å². The minimum atomic E-state index is -0.124. The van der Waals surface area contributed by atoms with Gasteiger partial charge in [-0.3, -0.25) is 9.69 Å². The molecule has 3 aromatic rings. The summed E-state index contributed by atoms with van der Waals surface area (Å²) in [6.45, 7) is 11.6. The second kappa shape index (κ2) is 9.81. The highest BCUT2D eigenvalue weighted by Crippen LogP contribution is 2.27. The van der Waals surface area contributed by atoms with E-state index in [9.17, 15) is 4.79 Å². The normalized spacial score (nSPS) is 17.6. The van der Waals surface area contributed by atoms with Gasteiger partial charge in [-0.05, 0) is 57.7 Å². The van der Waals surface area contributed by atoms with E-state index in [4.69, 9.17) is 0 Å². The first-order valence-corrected chi connectivity index (χ1v) is 12.7. The highest BCUT2D eigenvalue weighted by Gasteiger charge is 2.33. The van der Waals surface area contributed by atoms with Crippen molar-refractivity contribution in [1.29, 1.82) is 0 Å². The molecule has 4 rings (SSSR count). The van der Waals surface area contributed by atoms with Crippen molar-refractivity contribution < 1.29 is 4.79 Å². The van der Waals surface area contributed by atoms with Crippen molar-refractivity contribution >= 4 is 33.3 Å². The van der Waals surface area contributed by atoms with E-state index in [1.807, 2.05) is 6.07 Å². The van der Waals surface area contributed by atoms with Crippen LogP contribution in [0.5, 0.6) is 0 Å². The molecule has 1 aliphatic rings. The van der Waals surface area contributed by atoms with Crippen LogP contribution in [0, 0.1) is 5.92 Å². The van der Waals surface area contributed by atoms with Gasteiger partial charge in [-0.15, -0.1) is 10.2 Å². The number of piperazine rings is 1. The zero-order valence-electron chi connectivity index (χ0n) is 20.4. The van der Waals surface area contributed by atoms with Crippen molar-refractivity contribution in [3.8, 4) is 0 Å². The Labute approximate surface area is 200 Å². The first-order chi connectivity index (χ1) is 15.7. The van der Waals surface area contributed by atoms with E-state index >= 15 is 0 Å². The van der Waals surface area contributed by atoms with E-state index in [-0.39, 0.29) is 17.5 Å². The number of carbonyl (C=O) groups excluding carboxylic acids is 1. The number of H-pyrrole nitrogens is 1. The second-order valence-electron chi connectivity index (χ2n) is 10.3. The Bertz CT molecular complexity index is 1090. The van der Waals surface area contributed by atoms with Crippen molar-refractivity contribution in [3.05, 3.63) is 41.0 Å². The number of likely N-dealkylation sites (N-methyl/N-ethyl adjacent to an activating group) is 1. The van der Waals surface area contributed by atoms with Gasteiger partial charge in [0.25, 0.3) is 5.91 Å². The summed E-state index contributed by atoms with van der Waals surface area (Å²) in [6.07, 6.45) is 4.85. The number of amides is 1. The van der Waals surface area contributed by atoms with Gasteiger partial charge in [0.15, 0.2) is 0 Å². The number of aromatic nitrogens is 3. The molecule has 1 atom stereocenters. The molecule has 0 spiro atoms. The lowest BCUT2D eigenvalue weighted by Crippen LogP contribution is -2.57. The zero-order valence-corrected chi connectivity index (χ0v) is 21.2. The van der Waals surface area contributed by atoms with Gasteiger partial charge in [-0.1, -0.05) is 43.4 Å². The summed E-state index contributed by atoms with van der Waals surface area (Å²) in [5.74, 6) is 0.460. The molecule has 2 aromatic heterocycles. The smallest absolute Gasteiger partial charge is 0.282 e. The number of anilines is 1. The Morgan fingerprint density at radius 1 is 1.21 bits per heavy atom. The summed E-state index contributed by atoms with van der Waals surface area (Å²) >= 11 is 1.39. The maximum Gasteiger partial charge on any atom is 0.282 e. The van der Waals surface area contributed by atoms with Crippen molar-refractivity contribution in [2.75, 3.05) is 31.6 Å². The fraction of sp³-hybridized carbons (Fsp3) is 0.560. The van der Waals surface area contributed by atoms with Gasteiger partial charge in [0.2, 0.25) is 10.1 Å². The molecule has 1 unspecified atom stereocenters. The van der Waals surface area contributed by atoms with Gasteiger partial charge in [0.05, 0.1) is 0 Å². The largest absolute Gasteiger partial charge is 0.361 e. The number of rotatable bonds is 8. The molecule has 1 aliphatic heterocycles. The third-order valence-corrected chi connectivity index (χ3v) is 7.75. The molecule has 0 saturated carbocycles. The lowest BCUT2D eigenvalue weighted by molar-refractivity contribution is 0.0932. The van der Waals surface area contributed by atoms with Crippen molar-refractivity contribution in [2.24, 2.45) is 5.92 Å². The summed E-state index contributed by atoms with van der Waals surface area (Å²) in [5, 5.41) is 14.4. The molecular formula is C25H36N6OS. The molecular weight excluding hydrogens is 432 g/mol. The number of fused-ring (bicyclic) bond motifs is 1. The molecule has 1 fully saturated rings. The number of nitrogens with zero attached hydrogens (tertiary/aromatic N) is 4. The minimum Gasteiger partial charge on any atom is -0.361 e. The van der Waals surface area contributed by atoms with Gasteiger partial charge in [-0.2, -0.15) is 0 Å². The molecule has 0 radical (unpaired) electrons. The van der Waals surface area contributed by atoms with Crippen LogP contribution in [-0.4, -0.2) is 64.3 Å². The first kappa shape index (κ1) is 23.7. The van der Waals surface area contributed by atoms with Crippen LogP contribution in [0.1, 0.15) is 55.9 Å².